The lowest BCUT2D eigenvalue weighted by molar-refractivity contribution is -0.121. The molecule has 116 valence electrons. The van der Waals surface area contributed by atoms with Gasteiger partial charge in [-0.1, -0.05) is 39.0 Å². The molecule has 1 aromatic heterocycles. The molecular formula is C18H22N2O2. The first-order chi connectivity index (χ1) is 10.4. The number of carbonyl (C=O) groups is 2. The molecule has 0 saturated heterocycles. The van der Waals surface area contributed by atoms with Crippen molar-refractivity contribution in [3.8, 4) is 0 Å². The molecule has 0 spiro atoms. The number of rotatable bonds is 4. The largest absolute Gasteiger partial charge is 0.352 e. The number of nitrogens with one attached hydrogen (secondary N) is 1. The van der Waals surface area contributed by atoms with Crippen LogP contribution in [-0.2, 0) is 11.3 Å². The summed E-state index contributed by atoms with van der Waals surface area (Å²) in [5.74, 6) is 0.114. The van der Waals surface area contributed by atoms with Gasteiger partial charge in [0, 0.05) is 34.1 Å². The van der Waals surface area contributed by atoms with Crippen molar-refractivity contribution >= 4 is 22.6 Å². The van der Waals surface area contributed by atoms with E-state index in [9.17, 15) is 9.59 Å². The number of ketones is 1. The summed E-state index contributed by atoms with van der Waals surface area (Å²) in [5, 5.41) is 3.91. The number of benzene rings is 1. The first kappa shape index (κ1) is 14.8. The second-order valence-electron chi connectivity index (χ2n) is 7.11. The maximum absolute atomic E-state index is 12.7. The van der Waals surface area contributed by atoms with Gasteiger partial charge in [-0.2, -0.15) is 0 Å². The molecule has 0 unspecified atom stereocenters. The molecule has 0 aliphatic heterocycles. The van der Waals surface area contributed by atoms with Crippen molar-refractivity contribution in [1.29, 1.82) is 0 Å². The Balaban J connectivity index is 1.96. The number of hydrogen-bond acceptors (Lipinski definition) is 2. The Morgan fingerprint density at radius 3 is 2.55 bits per heavy atom. The number of hydrogen-bond donors (Lipinski definition) is 1. The number of amides is 1. The van der Waals surface area contributed by atoms with Gasteiger partial charge in [0.2, 0.25) is 5.91 Å². The highest BCUT2D eigenvalue weighted by atomic mass is 16.2. The lowest BCUT2D eigenvalue weighted by Crippen LogP contribution is -2.29. The Labute approximate surface area is 130 Å². The summed E-state index contributed by atoms with van der Waals surface area (Å²) >= 11 is 0. The normalized spacial score (nSPS) is 15.0. The fourth-order valence-corrected chi connectivity index (χ4v) is 2.62. The van der Waals surface area contributed by atoms with Gasteiger partial charge in [-0.3, -0.25) is 9.59 Å². The third-order valence-electron chi connectivity index (χ3n) is 3.97. The number of carbonyl (C=O) groups excluding carboxylic acids is 2. The van der Waals surface area contributed by atoms with Crippen LogP contribution in [0.5, 0.6) is 0 Å². The summed E-state index contributed by atoms with van der Waals surface area (Å²) in [6.45, 7) is 6.01. The highest BCUT2D eigenvalue weighted by Gasteiger charge is 2.27. The minimum absolute atomic E-state index is 0.0120. The molecule has 0 radical (unpaired) electrons. The van der Waals surface area contributed by atoms with E-state index in [1.54, 1.807) is 0 Å². The predicted octanol–water partition coefficient (Wildman–Crippen LogP) is 3.15. The molecule has 4 heteroatoms. The van der Waals surface area contributed by atoms with Crippen molar-refractivity contribution in [2.75, 3.05) is 0 Å². The molecule has 22 heavy (non-hydrogen) atoms. The molecule has 2 aromatic rings. The number of Topliss-reactive ketones (excluding diaryl/α,β-unsaturated/α-hetero) is 1. The molecule has 1 N–H and O–H groups in total. The van der Waals surface area contributed by atoms with Gasteiger partial charge in [-0.25, -0.2) is 0 Å². The SMILES string of the molecule is CC(C)(C)C(=O)c1cn(CC(=O)NC2CC2)c2ccccc12. The van der Waals surface area contributed by atoms with Crippen molar-refractivity contribution in [1.82, 2.24) is 9.88 Å². The number of aromatic nitrogens is 1. The molecule has 1 aliphatic carbocycles. The van der Waals surface area contributed by atoms with Crippen LogP contribution in [0, 0.1) is 5.41 Å². The van der Waals surface area contributed by atoms with Gasteiger partial charge in [0.1, 0.15) is 6.54 Å². The van der Waals surface area contributed by atoms with Gasteiger partial charge in [-0.05, 0) is 18.9 Å². The maximum Gasteiger partial charge on any atom is 0.240 e. The third kappa shape index (κ3) is 2.91. The van der Waals surface area contributed by atoms with E-state index in [0.29, 0.717) is 11.6 Å². The van der Waals surface area contributed by atoms with E-state index in [-0.39, 0.29) is 18.2 Å². The topological polar surface area (TPSA) is 51.1 Å². The van der Waals surface area contributed by atoms with Crippen molar-refractivity contribution in [3.05, 3.63) is 36.0 Å². The Morgan fingerprint density at radius 2 is 1.91 bits per heavy atom. The van der Waals surface area contributed by atoms with E-state index in [1.807, 2.05) is 55.8 Å². The number of para-hydroxylation sites is 1. The first-order valence-corrected chi connectivity index (χ1v) is 7.78. The molecular weight excluding hydrogens is 276 g/mol. The van der Waals surface area contributed by atoms with Gasteiger partial charge >= 0.3 is 0 Å². The lowest BCUT2D eigenvalue weighted by Gasteiger charge is -2.15. The first-order valence-electron chi connectivity index (χ1n) is 7.78. The summed E-state index contributed by atoms with van der Waals surface area (Å²) in [5.41, 5.74) is 1.19. The molecule has 1 fully saturated rings. The van der Waals surface area contributed by atoms with Crippen LogP contribution < -0.4 is 5.32 Å². The highest BCUT2D eigenvalue weighted by molar-refractivity contribution is 6.10. The van der Waals surface area contributed by atoms with Crippen molar-refractivity contribution in [3.63, 3.8) is 0 Å². The smallest absolute Gasteiger partial charge is 0.240 e. The average molecular weight is 298 g/mol. The van der Waals surface area contributed by atoms with E-state index in [4.69, 9.17) is 0 Å². The molecule has 1 aliphatic rings. The average Bonchev–Trinajstić information content (AvgIpc) is 3.18. The van der Waals surface area contributed by atoms with E-state index in [1.165, 1.54) is 0 Å². The number of nitrogens with zero attached hydrogens (tertiary/aromatic N) is 1. The minimum atomic E-state index is -0.439. The summed E-state index contributed by atoms with van der Waals surface area (Å²) in [7, 11) is 0. The Kier molecular flexibility index (Phi) is 3.55. The van der Waals surface area contributed by atoms with E-state index in [0.717, 1.165) is 23.7 Å². The zero-order chi connectivity index (χ0) is 15.9. The fourth-order valence-electron chi connectivity index (χ4n) is 2.62. The van der Waals surface area contributed by atoms with Crippen LogP contribution in [0.1, 0.15) is 44.0 Å². The van der Waals surface area contributed by atoms with Crippen LogP contribution in [0.4, 0.5) is 0 Å². The maximum atomic E-state index is 12.7. The lowest BCUT2D eigenvalue weighted by atomic mass is 9.86. The van der Waals surface area contributed by atoms with Crippen LogP contribution in [0.3, 0.4) is 0 Å². The van der Waals surface area contributed by atoms with Crippen LogP contribution in [0.15, 0.2) is 30.5 Å². The molecule has 3 rings (SSSR count). The zero-order valence-corrected chi connectivity index (χ0v) is 13.3. The second-order valence-corrected chi connectivity index (χ2v) is 7.11. The molecule has 1 saturated carbocycles. The third-order valence-corrected chi connectivity index (χ3v) is 3.97. The standard InChI is InChI=1S/C18H22N2O2/c1-18(2,3)17(22)14-10-20(11-16(21)19-12-8-9-12)15-7-5-4-6-13(14)15/h4-7,10,12H,8-9,11H2,1-3H3,(H,19,21). The van der Waals surface area contributed by atoms with Crippen LogP contribution in [0.2, 0.25) is 0 Å². The molecule has 1 aromatic carbocycles. The molecule has 0 bridgehead atoms. The van der Waals surface area contributed by atoms with Crippen LogP contribution >= 0.6 is 0 Å². The fraction of sp³-hybridized carbons (Fsp3) is 0.444. The second kappa shape index (κ2) is 5.27. The highest BCUT2D eigenvalue weighted by Crippen LogP contribution is 2.28. The Bertz CT molecular complexity index is 733. The van der Waals surface area contributed by atoms with Gasteiger partial charge in [0.25, 0.3) is 0 Å². The van der Waals surface area contributed by atoms with E-state index in [2.05, 4.69) is 5.32 Å². The van der Waals surface area contributed by atoms with E-state index < -0.39 is 5.41 Å². The monoisotopic (exact) mass is 298 g/mol. The van der Waals surface area contributed by atoms with E-state index >= 15 is 0 Å². The van der Waals surface area contributed by atoms with Crippen molar-refractivity contribution in [2.24, 2.45) is 5.41 Å². The molecule has 1 heterocycles. The Hall–Kier alpha value is -2.10. The zero-order valence-electron chi connectivity index (χ0n) is 13.3. The van der Waals surface area contributed by atoms with Crippen LogP contribution in [-0.4, -0.2) is 22.3 Å². The molecule has 1 amide bonds. The van der Waals surface area contributed by atoms with Gasteiger partial charge < -0.3 is 9.88 Å². The summed E-state index contributed by atoms with van der Waals surface area (Å²) in [6, 6.07) is 8.12. The number of fused-ring (bicyclic) bond motifs is 1. The summed E-state index contributed by atoms with van der Waals surface area (Å²) in [4.78, 5) is 24.7. The van der Waals surface area contributed by atoms with Crippen molar-refractivity contribution < 1.29 is 9.59 Å². The Morgan fingerprint density at radius 1 is 1.23 bits per heavy atom. The van der Waals surface area contributed by atoms with Gasteiger partial charge in [0.15, 0.2) is 5.78 Å². The quantitative estimate of drug-likeness (QED) is 0.882. The molecule has 4 nitrogen and oxygen atoms in total. The molecule has 0 atom stereocenters. The van der Waals surface area contributed by atoms with Crippen molar-refractivity contribution in [2.45, 2.75) is 46.2 Å². The summed E-state index contributed by atoms with van der Waals surface area (Å²) < 4.78 is 1.88. The van der Waals surface area contributed by atoms with Crippen LogP contribution in [0.25, 0.3) is 10.9 Å². The minimum Gasteiger partial charge on any atom is -0.352 e. The predicted molar refractivity (Wildman–Crippen MR) is 86.9 cm³/mol. The van der Waals surface area contributed by atoms with Gasteiger partial charge in [-0.15, -0.1) is 0 Å². The van der Waals surface area contributed by atoms with Gasteiger partial charge in [0.05, 0.1) is 0 Å². The summed E-state index contributed by atoms with van der Waals surface area (Å²) in [6.07, 6.45) is 3.97.